The predicted octanol–water partition coefficient (Wildman–Crippen LogP) is 2.30. The van der Waals surface area contributed by atoms with Crippen LogP contribution in [0, 0.1) is 0 Å². The van der Waals surface area contributed by atoms with E-state index in [1.165, 1.54) is 22.7 Å². The predicted molar refractivity (Wildman–Crippen MR) is 62.8 cm³/mol. The lowest BCUT2D eigenvalue weighted by atomic mass is 9.90. The highest BCUT2D eigenvalue weighted by Gasteiger charge is 2.35. The van der Waals surface area contributed by atoms with Gasteiger partial charge in [0.05, 0.1) is 12.1 Å². The van der Waals surface area contributed by atoms with E-state index in [0.717, 1.165) is 25.7 Å². The van der Waals surface area contributed by atoms with Crippen LogP contribution in [-0.4, -0.2) is 32.7 Å². The summed E-state index contributed by atoms with van der Waals surface area (Å²) in [5.41, 5.74) is 0. The standard InChI is InChI=1S/C10H16Cl2N2O2/c1-7(15)13(11)9-5-3-4-6-10(9)14(12)8(2)16/h9-10H,3-6H2,1-2H3. The fraction of sp³-hybridized carbons (Fsp3) is 0.800. The van der Waals surface area contributed by atoms with Crippen LogP contribution >= 0.6 is 23.6 Å². The second kappa shape index (κ2) is 5.73. The zero-order valence-electron chi connectivity index (χ0n) is 9.45. The topological polar surface area (TPSA) is 40.6 Å². The lowest BCUT2D eigenvalue weighted by molar-refractivity contribution is -0.131. The molecule has 1 rings (SSSR count). The molecule has 2 amide bonds. The molecule has 1 aliphatic rings. The van der Waals surface area contributed by atoms with Gasteiger partial charge in [-0.25, -0.2) is 8.84 Å². The van der Waals surface area contributed by atoms with Gasteiger partial charge in [0, 0.05) is 37.4 Å². The van der Waals surface area contributed by atoms with Gasteiger partial charge in [-0.05, 0) is 12.8 Å². The van der Waals surface area contributed by atoms with Crippen molar-refractivity contribution in [3.63, 3.8) is 0 Å². The molecule has 0 aromatic carbocycles. The Morgan fingerprint density at radius 1 is 0.938 bits per heavy atom. The van der Waals surface area contributed by atoms with Gasteiger partial charge in [-0.3, -0.25) is 9.59 Å². The van der Waals surface area contributed by atoms with Crippen LogP contribution in [-0.2, 0) is 9.59 Å². The van der Waals surface area contributed by atoms with Crippen LogP contribution < -0.4 is 0 Å². The molecule has 0 aromatic heterocycles. The van der Waals surface area contributed by atoms with Crippen molar-refractivity contribution < 1.29 is 9.59 Å². The van der Waals surface area contributed by atoms with Crippen molar-refractivity contribution in [2.24, 2.45) is 0 Å². The molecule has 0 N–H and O–H groups in total. The lowest BCUT2D eigenvalue weighted by Crippen LogP contribution is -2.50. The Labute approximate surface area is 106 Å². The van der Waals surface area contributed by atoms with Gasteiger partial charge in [0.1, 0.15) is 0 Å². The summed E-state index contributed by atoms with van der Waals surface area (Å²) in [4.78, 5) is 22.5. The number of rotatable bonds is 2. The molecule has 4 nitrogen and oxygen atoms in total. The van der Waals surface area contributed by atoms with Gasteiger partial charge in [-0.2, -0.15) is 0 Å². The van der Waals surface area contributed by atoms with Crippen molar-refractivity contribution in [3.05, 3.63) is 0 Å². The Hall–Kier alpha value is -0.480. The first kappa shape index (κ1) is 13.6. The fourth-order valence-corrected chi connectivity index (χ4v) is 2.54. The van der Waals surface area contributed by atoms with Crippen LogP contribution in [0.4, 0.5) is 0 Å². The average molecular weight is 267 g/mol. The zero-order chi connectivity index (χ0) is 12.3. The molecule has 2 unspecified atom stereocenters. The Kier molecular flexibility index (Phi) is 4.87. The van der Waals surface area contributed by atoms with Gasteiger partial charge in [-0.15, -0.1) is 0 Å². The van der Waals surface area contributed by atoms with Crippen molar-refractivity contribution in [2.75, 3.05) is 0 Å². The first-order valence-corrected chi connectivity index (χ1v) is 6.04. The number of hydrogen-bond donors (Lipinski definition) is 0. The van der Waals surface area contributed by atoms with Gasteiger partial charge < -0.3 is 0 Å². The molecular formula is C10H16Cl2N2O2. The quantitative estimate of drug-likeness (QED) is 0.720. The Bertz CT molecular complexity index is 258. The third-order valence-corrected chi connectivity index (χ3v) is 3.86. The van der Waals surface area contributed by atoms with Crippen molar-refractivity contribution in [1.82, 2.24) is 8.84 Å². The smallest absolute Gasteiger partial charge is 0.234 e. The van der Waals surface area contributed by atoms with E-state index < -0.39 is 0 Å². The summed E-state index contributed by atoms with van der Waals surface area (Å²) in [6.45, 7) is 2.82. The lowest BCUT2D eigenvalue weighted by Gasteiger charge is -2.38. The molecule has 0 spiro atoms. The second-order valence-electron chi connectivity index (χ2n) is 4.08. The van der Waals surface area contributed by atoms with Crippen LogP contribution in [0.25, 0.3) is 0 Å². The highest BCUT2D eigenvalue weighted by atomic mass is 35.5. The van der Waals surface area contributed by atoms with Gasteiger partial charge in [0.2, 0.25) is 11.8 Å². The van der Waals surface area contributed by atoms with Crippen LogP contribution in [0.2, 0.25) is 0 Å². The van der Waals surface area contributed by atoms with Crippen LogP contribution in [0.1, 0.15) is 39.5 Å². The minimum absolute atomic E-state index is 0.186. The first-order valence-electron chi connectivity index (χ1n) is 5.36. The van der Waals surface area contributed by atoms with E-state index >= 15 is 0 Å². The SMILES string of the molecule is CC(=O)N(Cl)C1CCCCC1N(Cl)C(C)=O. The van der Waals surface area contributed by atoms with Crippen molar-refractivity contribution >= 4 is 35.4 Å². The molecule has 0 radical (unpaired) electrons. The molecule has 16 heavy (non-hydrogen) atoms. The van der Waals surface area contributed by atoms with Crippen molar-refractivity contribution in [2.45, 2.75) is 51.6 Å². The number of amides is 2. The summed E-state index contributed by atoms with van der Waals surface area (Å²) in [7, 11) is 0. The molecule has 92 valence electrons. The third kappa shape index (κ3) is 3.01. The number of halogens is 2. The van der Waals surface area contributed by atoms with E-state index in [4.69, 9.17) is 23.6 Å². The van der Waals surface area contributed by atoms with Gasteiger partial charge in [0.15, 0.2) is 0 Å². The number of nitrogens with zero attached hydrogens (tertiary/aromatic N) is 2. The fourth-order valence-electron chi connectivity index (χ4n) is 2.09. The molecule has 1 saturated carbocycles. The molecule has 6 heteroatoms. The summed E-state index contributed by atoms with van der Waals surface area (Å²) in [5.74, 6) is -0.431. The van der Waals surface area contributed by atoms with E-state index in [2.05, 4.69) is 0 Å². The first-order chi connectivity index (χ1) is 7.45. The second-order valence-corrected chi connectivity index (χ2v) is 4.81. The largest absolute Gasteiger partial charge is 0.274 e. The highest BCUT2D eigenvalue weighted by Crippen LogP contribution is 2.29. The Morgan fingerprint density at radius 3 is 1.50 bits per heavy atom. The zero-order valence-corrected chi connectivity index (χ0v) is 11.0. The summed E-state index contributed by atoms with van der Waals surface area (Å²) < 4.78 is 2.34. The number of carbonyl (C=O) groups is 2. The molecular weight excluding hydrogens is 251 g/mol. The average Bonchev–Trinajstić information content (AvgIpc) is 2.26. The van der Waals surface area contributed by atoms with E-state index in [1.54, 1.807) is 0 Å². The van der Waals surface area contributed by atoms with Crippen molar-refractivity contribution in [3.8, 4) is 0 Å². The summed E-state index contributed by atoms with van der Waals surface area (Å²) in [5, 5.41) is 0. The Morgan fingerprint density at radius 2 is 1.25 bits per heavy atom. The molecule has 1 fully saturated rings. The molecule has 2 atom stereocenters. The van der Waals surface area contributed by atoms with E-state index in [-0.39, 0.29) is 23.9 Å². The molecule has 0 saturated heterocycles. The number of carbonyl (C=O) groups excluding carboxylic acids is 2. The van der Waals surface area contributed by atoms with E-state index in [9.17, 15) is 9.59 Å². The van der Waals surface area contributed by atoms with Crippen LogP contribution in [0.15, 0.2) is 0 Å². The molecule has 0 heterocycles. The van der Waals surface area contributed by atoms with Crippen LogP contribution in [0.5, 0.6) is 0 Å². The van der Waals surface area contributed by atoms with E-state index in [0.29, 0.717) is 0 Å². The van der Waals surface area contributed by atoms with Gasteiger partial charge >= 0.3 is 0 Å². The maximum atomic E-state index is 11.2. The molecule has 0 bridgehead atoms. The summed E-state index contributed by atoms with van der Waals surface area (Å²) >= 11 is 11.9. The summed E-state index contributed by atoms with van der Waals surface area (Å²) in [6.07, 6.45) is 3.56. The van der Waals surface area contributed by atoms with Gasteiger partial charge in [0.25, 0.3) is 0 Å². The van der Waals surface area contributed by atoms with Gasteiger partial charge in [-0.1, -0.05) is 12.8 Å². The highest BCUT2D eigenvalue weighted by molar-refractivity contribution is 6.22. The molecule has 0 aliphatic heterocycles. The van der Waals surface area contributed by atoms with Crippen molar-refractivity contribution in [1.29, 1.82) is 0 Å². The van der Waals surface area contributed by atoms with Crippen LogP contribution in [0.3, 0.4) is 0 Å². The normalized spacial score (nSPS) is 25.0. The molecule has 1 aliphatic carbocycles. The maximum Gasteiger partial charge on any atom is 0.234 e. The third-order valence-electron chi connectivity index (χ3n) is 2.88. The summed E-state index contributed by atoms with van der Waals surface area (Å²) in [6, 6.07) is -0.372. The Balaban J connectivity index is 2.78. The molecule has 0 aromatic rings. The minimum atomic E-state index is -0.216. The minimum Gasteiger partial charge on any atom is -0.274 e. The number of hydrogen-bond acceptors (Lipinski definition) is 2. The van der Waals surface area contributed by atoms with E-state index in [1.807, 2.05) is 0 Å². The maximum absolute atomic E-state index is 11.2. The monoisotopic (exact) mass is 266 g/mol.